The van der Waals surface area contributed by atoms with Gasteiger partial charge in [-0.1, -0.05) is 30.3 Å². The standard InChI is InChI=1S/C23H29FN4O2/c1-18(23(30)26(2)16-19-6-4-3-5-7-19)28-14-12-27(13-15-28)17-22(29)25-21-10-8-20(24)9-11-21/h3-11,18H,12-17H2,1-2H3,(H,25,29). The summed E-state index contributed by atoms with van der Waals surface area (Å²) in [5.74, 6) is -0.356. The van der Waals surface area contributed by atoms with Gasteiger partial charge in [-0.2, -0.15) is 0 Å². The van der Waals surface area contributed by atoms with Gasteiger partial charge in [0.2, 0.25) is 11.8 Å². The predicted molar refractivity (Wildman–Crippen MR) is 115 cm³/mol. The number of amides is 2. The first-order valence-electron chi connectivity index (χ1n) is 10.2. The van der Waals surface area contributed by atoms with E-state index in [4.69, 9.17) is 0 Å². The molecule has 160 valence electrons. The van der Waals surface area contributed by atoms with Gasteiger partial charge in [0, 0.05) is 45.5 Å². The Balaban J connectivity index is 1.43. The Morgan fingerprint density at radius 3 is 2.30 bits per heavy atom. The zero-order valence-corrected chi connectivity index (χ0v) is 17.6. The summed E-state index contributed by atoms with van der Waals surface area (Å²) in [7, 11) is 1.84. The van der Waals surface area contributed by atoms with Crippen molar-refractivity contribution in [2.45, 2.75) is 19.5 Å². The number of benzene rings is 2. The van der Waals surface area contributed by atoms with Crippen LogP contribution in [-0.4, -0.2) is 72.3 Å². The van der Waals surface area contributed by atoms with Crippen LogP contribution in [0, 0.1) is 5.82 Å². The lowest BCUT2D eigenvalue weighted by Gasteiger charge is -2.38. The fourth-order valence-electron chi connectivity index (χ4n) is 3.66. The van der Waals surface area contributed by atoms with Gasteiger partial charge < -0.3 is 10.2 Å². The van der Waals surface area contributed by atoms with Gasteiger partial charge in [0.25, 0.3) is 0 Å². The molecule has 1 unspecified atom stereocenters. The molecule has 1 aliphatic heterocycles. The van der Waals surface area contributed by atoms with Crippen LogP contribution in [0.4, 0.5) is 10.1 Å². The molecule has 7 heteroatoms. The van der Waals surface area contributed by atoms with E-state index in [0.717, 1.165) is 31.7 Å². The molecule has 1 N–H and O–H groups in total. The summed E-state index contributed by atoms with van der Waals surface area (Å²) in [5.41, 5.74) is 1.69. The van der Waals surface area contributed by atoms with Crippen molar-refractivity contribution in [1.82, 2.24) is 14.7 Å². The topological polar surface area (TPSA) is 55.9 Å². The number of piperazine rings is 1. The fourth-order valence-corrected chi connectivity index (χ4v) is 3.66. The zero-order valence-electron chi connectivity index (χ0n) is 17.6. The first-order valence-corrected chi connectivity index (χ1v) is 10.2. The van der Waals surface area contributed by atoms with E-state index in [-0.39, 0.29) is 30.2 Å². The average Bonchev–Trinajstić information content (AvgIpc) is 2.75. The Kier molecular flexibility index (Phi) is 7.54. The molecule has 0 radical (unpaired) electrons. The number of hydrogen-bond donors (Lipinski definition) is 1. The maximum Gasteiger partial charge on any atom is 0.239 e. The molecule has 6 nitrogen and oxygen atoms in total. The Labute approximate surface area is 177 Å². The lowest BCUT2D eigenvalue weighted by atomic mass is 10.1. The first kappa shape index (κ1) is 21.9. The molecule has 0 spiro atoms. The third kappa shape index (κ3) is 6.11. The van der Waals surface area contributed by atoms with Crippen LogP contribution in [0.2, 0.25) is 0 Å². The van der Waals surface area contributed by atoms with Crippen molar-refractivity contribution in [2.75, 3.05) is 45.1 Å². The summed E-state index contributed by atoms with van der Waals surface area (Å²) >= 11 is 0. The Bertz CT molecular complexity index is 836. The molecule has 0 aliphatic carbocycles. The summed E-state index contributed by atoms with van der Waals surface area (Å²) in [6.45, 7) is 5.72. The molecule has 30 heavy (non-hydrogen) atoms. The molecule has 1 heterocycles. The largest absolute Gasteiger partial charge is 0.340 e. The van der Waals surface area contributed by atoms with Crippen molar-refractivity contribution < 1.29 is 14.0 Å². The van der Waals surface area contributed by atoms with Crippen LogP contribution in [0.1, 0.15) is 12.5 Å². The van der Waals surface area contributed by atoms with E-state index in [1.807, 2.05) is 44.3 Å². The highest BCUT2D eigenvalue weighted by Gasteiger charge is 2.28. The smallest absolute Gasteiger partial charge is 0.239 e. The number of nitrogens with zero attached hydrogens (tertiary/aromatic N) is 3. The summed E-state index contributed by atoms with van der Waals surface area (Å²) in [6.07, 6.45) is 0. The van der Waals surface area contributed by atoms with Crippen LogP contribution >= 0.6 is 0 Å². The summed E-state index contributed by atoms with van der Waals surface area (Å²) in [6, 6.07) is 15.5. The van der Waals surface area contributed by atoms with Crippen molar-refractivity contribution in [3.63, 3.8) is 0 Å². The lowest BCUT2D eigenvalue weighted by Crippen LogP contribution is -2.54. The number of rotatable bonds is 7. The van der Waals surface area contributed by atoms with Gasteiger partial charge in [-0.3, -0.25) is 19.4 Å². The van der Waals surface area contributed by atoms with Crippen molar-refractivity contribution in [2.24, 2.45) is 0 Å². The van der Waals surface area contributed by atoms with Crippen LogP contribution in [-0.2, 0) is 16.1 Å². The monoisotopic (exact) mass is 412 g/mol. The second-order valence-electron chi connectivity index (χ2n) is 7.72. The number of anilines is 1. The van der Waals surface area contributed by atoms with Crippen LogP contribution in [0.15, 0.2) is 54.6 Å². The molecule has 1 saturated heterocycles. The maximum absolute atomic E-state index is 13.0. The fraction of sp³-hybridized carbons (Fsp3) is 0.391. The lowest BCUT2D eigenvalue weighted by molar-refractivity contribution is -0.136. The minimum Gasteiger partial charge on any atom is -0.340 e. The first-order chi connectivity index (χ1) is 14.4. The molecule has 1 fully saturated rings. The second kappa shape index (κ2) is 10.3. The van der Waals surface area contributed by atoms with Crippen molar-refractivity contribution in [3.05, 3.63) is 66.0 Å². The van der Waals surface area contributed by atoms with Crippen LogP contribution in [0.3, 0.4) is 0 Å². The number of likely N-dealkylation sites (N-methyl/N-ethyl adjacent to an activating group) is 1. The number of nitrogens with one attached hydrogen (secondary N) is 1. The second-order valence-corrected chi connectivity index (χ2v) is 7.72. The van der Waals surface area contributed by atoms with Crippen molar-refractivity contribution >= 4 is 17.5 Å². The van der Waals surface area contributed by atoms with Crippen LogP contribution in [0.25, 0.3) is 0 Å². The molecule has 0 saturated carbocycles. The zero-order chi connectivity index (χ0) is 21.5. The normalized spacial score (nSPS) is 16.1. The SMILES string of the molecule is CC(C(=O)N(C)Cc1ccccc1)N1CCN(CC(=O)Nc2ccc(F)cc2)CC1. The van der Waals surface area contributed by atoms with E-state index in [1.165, 1.54) is 12.1 Å². The van der Waals surface area contributed by atoms with E-state index in [0.29, 0.717) is 12.2 Å². The van der Waals surface area contributed by atoms with Crippen LogP contribution < -0.4 is 5.32 Å². The third-order valence-electron chi connectivity index (χ3n) is 5.45. The summed E-state index contributed by atoms with van der Waals surface area (Å²) in [4.78, 5) is 31.0. The molecular formula is C23H29FN4O2. The predicted octanol–water partition coefficient (Wildman–Crippen LogP) is 2.43. The number of carbonyl (C=O) groups excluding carboxylic acids is 2. The quantitative estimate of drug-likeness (QED) is 0.759. The molecule has 0 aromatic heterocycles. The van der Waals surface area contributed by atoms with Gasteiger partial charge in [0.15, 0.2) is 0 Å². The number of halogens is 1. The van der Waals surface area contributed by atoms with Gasteiger partial charge in [-0.05, 0) is 36.8 Å². The van der Waals surface area contributed by atoms with Gasteiger partial charge in [0.1, 0.15) is 5.82 Å². The van der Waals surface area contributed by atoms with E-state index >= 15 is 0 Å². The molecular weight excluding hydrogens is 383 g/mol. The van der Waals surface area contributed by atoms with Crippen molar-refractivity contribution in [1.29, 1.82) is 0 Å². The van der Waals surface area contributed by atoms with Gasteiger partial charge in [-0.15, -0.1) is 0 Å². The third-order valence-corrected chi connectivity index (χ3v) is 5.45. The minimum absolute atomic E-state index is 0.0985. The molecule has 2 aromatic carbocycles. The molecule has 1 aliphatic rings. The molecule has 0 bridgehead atoms. The maximum atomic E-state index is 13.0. The summed E-state index contributed by atoms with van der Waals surface area (Å²) in [5, 5.41) is 2.79. The molecule has 2 amide bonds. The van der Waals surface area contributed by atoms with E-state index < -0.39 is 0 Å². The van der Waals surface area contributed by atoms with Gasteiger partial charge >= 0.3 is 0 Å². The van der Waals surface area contributed by atoms with E-state index in [2.05, 4.69) is 15.1 Å². The van der Waals surface area contributed by atoms with Crippen LogP contribution in [0.5, 0.6) is 0 Å². The highest BCUT2D eigenvalue weighted by atomic mass is 19.1. The number of carbonyl (C=O) groups is 2. The molecule has 1 atom stereocenters. The highest BCUT2D eigenvalue weighted by molar-refractivity contribution is 5.92. The molecule has 2 aromatic rings. The minimum atomic E-state index is -0.331. The summed E-state index contributed by atoms with van der Waals surface area (Å²) < 4.78 is 13.0. The number of hydrogen-bond acceptors (Lipinski definition) is 4. The Morgan fingerprint density at radius 1 is 1.03 bits per heavy atom. The van der Waals surface area contributed by atoms with E-state index in [1.54, 1.807) is 17.0 Å². The van der Waals surface area contributed by atoms with Crippen molar-refractivity contribution in [3.8, 4) is 0 Å². The highest BCUT2D eigenvalue weighted by Crippen LogP contribution is 2.12. The van der Waals surface area contributed by atoms with Gasteiger partial charge in [-0.25, -0.2) is 4.39 Å². The average molecular weight is 413 g/mol. The van der Waals surface area contributed by atoms with Gasteiger partial charge in [0.05, 0.1) is 12.6 Å². The Morgan fingerprint density at radius 2 is 1.67 bits per heavy atom. The molecule has 3 rings (SSSR count). The Hall–Kier alpha value is -2.77. The van der Waals surface area contributed by atoms with E-state index in [9.17, 15) is 14.0 Å².